The van der Waals surface area contributed by atoms with Gasteiger partial charge in [0.2, 0.25) is 15.9 Å². The van der Waals surface area contributed by atoms with Crippen LogP contribution in [0.15, 0.2) is 83.1 Å². The molecule has 1 saturated carbocycles. The Morgan fingerprint density at radius 3 is 2.36 bits per heavy atom. The fraction of sp³-hybridized carbons (Fsp3) is 0.323. The molecule has 0 spiro atoms. The van der Waals surface area contributed by atoms with Gasteiger partial charge in [0.1, 0.15) is 5.82 Å². The van der Waals surface area contributed by atoms with Crippen LogP contribution in [0.2, 0.25) is 0 Å². The third-order valence-corrected chi connectivity index (χ3v) is 10.5. The quantitative estimate of drug-likeness (QED) is 0.222. The highest BCUT2D eigenvalue weighted by molar-refractivity contribution is 7.89. The number of rotatable bonds is 9. The van der Waals surface area contributed by atoms with Crippen LogP contribution in [0, 0.1) is 12.7 Å². The second-order valence-electron chi connectivity index (χ2n) is 10.2. The van der Waals surface area contributed by atoms with Crippen molar-refractivity contribution in [1.82, 2.24) is 9.21 Å². The fourth-order valence-electron chi connectivity index (χ4n) is 5.34. The molecule has 0 bridgehead atoms. The van der Waals surface area contributed by atoms with E-state index in [2.05, 4.69) is 0 Å². The van der Waals surface area contributed by atoms with E-state index in [4.69, 9.17) is 0 Å². The number of carbonyl (C=O) groups is 1. The number of aryl methyl sites for hydroxylation is 1. The van der Waals surface area contributed by atoms with E-state index in [1.807, 2.05) is 48.7 Å². The summed E-state index contributed by atoms with van der Waals surface area (Å²) in [4.78, 5) is 17.0. The van der Waals surface area contributed by atoms with Crippen molar-refractivity contribution in [3.63, 3.8) is 0 Å². The van der Waals surface area contributed by atoms with Gasteiger partial charge in [0.25, 0.3) is 0 Å². The van der Waals surface area contributed by atoms with Crippen molar-refractivity contribution >= 4 is 38.0 Å². The van der Waals surface area contributed by atoms with Crippen LogP contribution in [-0.2, 0) is 27.9 Å². The lowest BCUT2D eigenvalue weighted by Gasteiger charge is -2.35. The van der Waals surface area contributed by atoms with Crippen LogP contribution in [0.5, 0.6) is 0 Å². The molecule has 8 heteroatoms. The third-order valence-electron chi connectivity index (χ3n) is 7.55. The SMILES string of the molecule is Cc1ccsc1CN(Cc1ccc(F)cc1)C(=O)CN(C1CCCCC1)S(=O)(=O)c1cccc2ccccc12. The first-order valence-electron chi connectivity index (χ1n) is 13.4. The average Bonchev–Trinajstić information content (AvgIpc) is 3.36. The highest BCUT2D eigenvalue weighted by Gasteiger charge is 2.36. The molecule has 1 aromatic heterocycles. The van der Waals surface area contributed by atoms with Crippen molar-refractivity contribution < 1.29 is 17.6 Å². The van der Waals surface area contributed by atoms with Gasteiger partial charge in [-0.05, 0) is 65.9 Å². The van der Waals surface area contributed by atoms with Gasteiger partial charge in [0, 0.05) is 22.8 Å². The van der Waals surface area contributed by atoms with E-state index in [1.165, 1.54) is 16.4 Å². The standard InChI is InChI=1S/C31H33FN2O3S2/c1-23-18-19-38-29(23)21-33(20-24-14-16-26(32)17-15-24)31(35)22-34(27-10-3-2-4-11-27)39(36,37)30-13-7-9-25-8-5-6-12-28(25)30/h5-9,12-19,27H,2-4,10-11,20-22H2,1H3. The minimum absolute atomic E-state index is 0.234. The molecule has 0 N–H and O–H groups in total. The first-order chi connectivity index (χ1) is 18.8. The lowest BCUT2D eigenvalue weighted by atomic mass is 9.95. The smallest absolute Gasteiger partial charge is 0.244 e. The maximum atomic E-state index is 14.3. The van der Waals surface area contributed by atoms with Crippen LogP contribution < -0.4 is 0 Å². The normalized spacial score (nSPS) is 14.6. The van der Waals surface area contributed by atoms with E-state index in [0.29, 0.717) is 11.9 Å². The second-order valence-corrected chi connectivity index (χ2v) is 13.1. The van der Waals surface area contributed by atoms with E-state index in [0.717, 1.165) is 53.5 Å². The molecule has 1 amide bonds. The number of nitrogens with zero attached hydrogens (tertiary/aromatic N) is 2. The van der Waals surface area contributed by atoms with Crippen molar-refractivity contribution in [2.45, 2.75) is 63.1 Å². The first-order valence-corrected chi connectivity index (χ1v) is 15.7. The summed E-state index contributed by atoms with van der Waals surface area (Å²) in [7, 11) is -3.97. The Morgan fingerprint density at radius 2 is 1.64 bits per heavy atom. The van der Waals surface area contributed by atoms with Crippen molar-refractivity contribution in [2.75, 3.05) is 6.54 Å². The van der Waals surface area contributed by atoms with Gasteiger partial charge in [-0.15, -0.1) is 11.3 Å². The summed E-state index contributed by atoms with van der Waals surface area (Å²) in [5.41, 5.74) is 1.88. The molecule has 1 fully saturated rings. The predicted molar refractivity (Wildman–Crippen MR) is 154 cm³/mol. The number of hydrogen-bond acceptors (Lipinski definition) is 4. The molecule has 1 heterocycles. The molecule has 0 aliphatic heterocycles. The Kier molecular flexibility index (Phi) is 8.45. The number of benzene rings is 3. The lowest BCUT2D eigenvalue weighted by molar-refractivity contribution is -0.133. The molecule has 0 saturated heterocycles. The van der Waals surface area contributed by atoms with Gasteiger partial charge >= 0.3 is 0 Å². The summed E-state index contributed by atoms with van der Waals surface area (Å²) in [6.45, 7) is 2.41. The van der Waals surface area contributed by atoms with E-state index in [9.17, 15) is 17.6 Å². The molecule has 0 radical (unpaired) electrons. The minimum Gasteiger partial charge on any atom is -0.332 e. The number of amides is 1. The Morgan fingerprint density at radius 1 is 0.923 bits per heavy atom. The molecule has 1 aliphatic rings. The molecule has 204 valence electrons. The average molecular weight is 565 g/mol. The second kappa shape index (κ2) is 12.0. The van der Waals surface area contributed by atoms with E-state index in [1.54, 1.807) is 40.5 Å². The predicted octanol–water partition coefficient (Wildman–Crippen LogP) is 6.90. The monoisotopic (exact) mass is 564 g/mol. The number of carbonyl (C=O) groups excluding carboxylic acids is 1. The van der Waals surface area contributed by atoms with Gasteiger partial charge < -0.3 is 4.90 Å². The van der Waals surface area contributed by atoms with E-state index < -0.39 is 10.0 Å². The topological polar surface area (TPSA) is 57.7 Å². The zero-order valence-electron chi connectivity index (χ0n) is 22.1. The summed E-state index contributed by atoms with van der Waals surface area (Å²) < 4.78 is 43.6. The number of halogens is 1. The van der Waals surface area contributed by atoms with Gasteiger partial charge in [0.05, 0.1) is 18.0 Å². The first kappa shape index (κ1) is 27.5. The summed E-state index contributed by atoms with van der Waals surface area (Å²) in [5, 5.41) is 3.50. The maximum Gasteiger partial charge on any atom is 0.244 e. The van der Waals surface area contributed by atoms with Gasteiger partial charge in [-0.1, -0.05) is 67.8 Å². The molecule has 0 unspecified atom stereocenters. The van der Waals surface area contributed by atoms with E-state index in [-0.39, 0.29) is 35.8 Å². The van der Waals surface area contributed by atoms with Gasteiger partial charge in [0.15, 0.2) is 0 Å². The Balaban J connectivity index is 1.50. The Hall–Kier alpha value is -3.07. The summed E-state index contributed by atoms with van der Waals surface area (Å²) in [6, 6.07) is 20.6. The minimum atomic E-state index is -3.97. The van der Waals surface area contributed by atoms with Crippen molar-refractivity contribution in [2.24, 2.45) is 0 Å². The lowest BCUT2D eigenvalue weighted by Crippen LogP contribution is -2.47. The maximum absolute atomic E-state index is 14.3. The van der Waals surface area contributed by atoms with Crippen LogP contribution in [0.25, 0.3) is 10.8 Å². The summed E-state index contributed by atoms with van der Waals surface area (Å²) in [6.07, 6.45) is 4.42. The Labute approximate surface area is 233 Å². The molecular formula is C31H33FN2O3S2. The summed E-state index contributed by atoms with van der Waals surface area (Å²) >= 11 is 1.57. The van der Waals surface area contributed by atoms with Gasteiger partial charge in [-0.3, -0.25) is 4.79 Å². The molecule has 5 rings (SSSR count). The van der Waals surface area contributed by atoms with Crippen molar-refractivity contribution in [3.05, 3.63) is 100.0 Å². The molecule has 39 heavy (non-hydrogen) atoms. The highest BCUT2D eigenvalue weighted by atomic mass is 32.2. The number of hydrogen-bond donors (Lipinski definition) is 0. The largest absolute Gasteiger partial charge is 0.332 e. The molecule has 1 aliphatic carbocycles. The number of sulfonamides is 1. The molecule has 5 nitrogen and oxygen atoms in total. The molecular weight excluding hydrogens is 531 g/mol. The van der Waals surface area contributed by atoms with Gasteiger partial charge in [-0.25, -0.2) is 12.8 Å². The zero-order chi connectivity index (χ0) is 27.4. The zero-order valence-corrected chi connectivity index (χ0v) is 23.7. The molecule has 4 aromatic rings. The fourth-order valence-corrected chi connectivity index (χ4v) is 8.11. The highest BCUT2D eigenvalue weighted by Crippen LogP contribution is 2.32. The summed E-state index contributed by atoms with van der Waals surface area (Å²) in [5.74, 6) is -0.600. The van der Waals surface area contributed by atoms with Crippen LogP contribution in [0.4, 0.5) is 4.39 Å². The Bertz CT molecular complexity index is 1540. The van der Waals surface area contributed by atoms with Crippen LogP contribution >= 0.6 is 11.3 Å². The third kappa shape index (κ3) is 6.24. The number of thiophene rings is 1. The van der Waals surface area contributed by atoms with Crippen molar-refractivity contribution in [3.8, 4) is 0 Å². The van der Waals surface area contributed by atoms with Crippen LogP contribution in [0.1, 0.15) is 48.1 Å². The van der Waals surface area contributed by atoms with Crippen LogP contribution in [-0.4, -0.2) is 36.1 Å². The number of fused-ring (bicyclic) bond motifs is 1. The van der Waals surface area contributed by atoms with Crippen LogP contribution in [0.3, 0.4) is 0 Å². The molecule has 3 aromatic carbocycles. The van der Waals surface area contributed by atoms with Gasteiger partial charge in [-0.2, -0.15) is 4.31 Å². The van der Waals surface area contributed by atoms with E-state index >= 15 is 0 Å². The van der Waals surface area contributed by atoms with Crippen molar-refractivity contribution in [1.29, 1.82) is 0 Å². The molecule has 0 atom stereocenters.